The average molecular weight is 601 g/mol. The molecule has 3 N–H and O–H groups in total. The molecule has 0 aliphatic rings. The van der Waals surface area contributed by atoms with Crippen molar-refractivity contribution in [2.24, 2.45) is 5.73 Å². The van der Waals surface area contributed by atoms with Crippen LogP contribution in [0.25, 0.3) is 0 Å². The predicted molar refractivity (Wildman–Crippen MR) is 144 cm³/mol. The van der Waals surface area contributed by atoms with Crippen molar-refractivity contribution in [2.75, 3.05) is 0 Å². The molecule has 3 rings (SSSR count). The first-order valence-corrected chi connectivity index (χ1v) is 15.2. The molecule has 8 nitrogen and oxygen atoms in total. The minimum atomic E-state index is -5.45. The zero-order valence-corrected chi connectivity index (χ0v) is 23.6. The monoisotopic (exact) mass is 600 g/mol. The van der Waals surface area contributed by atoms with E-state index in [2.05, 4.69) is 0 Å². The zero-order valence-electron chi connectivity index (χ0n) is 21.1. The molecular formula is C26H28ClF2N2O6PS. The van der Waals surface area contributed by atoms with Gasteiger partial charge in [0, 0.05) is 13.1 Å². The average Bonchev–Trinajstić information content (AvgIpc) is 2.88. The van der Waals surface area contributed by atoms with Crippen LogP contribution in [0.2, 0.25) is 5.02 Å². The highest BCUT2D eigenvalue weighted by atomic mass is 35.5. The van der Waals surface area contributed by atoms with Crippen molar-refractivity contribution in [3.05, 3.63) is 100 Å². The molecule has 3 aromatic carbocycles. The van der Waals surface area contributed by atoms with Crippen molar-refractivity contribution in [2.45, 2.75) is 50.0 Å². The Morgan fingerprint density at radius 2 is 1.67 bits per heavy atom. The fraction of sp³-hybridized carbons (Fsp3) is 0.269. The minimum Gasteiger partial charge on any atom is -0.366 e. The molecule has 13 heteroatoms. The fourth-order valence-electron chi connectivity index (χ4n) is 3.69. The Bertz CT molecular complexity index is 1490. The number of carbonyl (C=O) groups excluding carboxylic acids is 1. The second kappa shape index (κ2) is 12.2. The fourth-order valence-corrected chi connectivity index (χ4v) is 6.96. The van der Waals surface area contributed by atoms with Crippen molar-refractivity contribution < 1.29 is 36.0 Å². The molecule has 3 aromatic rings. The van der Waals surface area contributed by atoms with Crippen LogP contribution in [0.1, 0.15) is 47.3 Å². The number of rotatable bonds is 12. The number of benzene rings is 3. The number of nitrogens with zero attached hydrogens (tertiary/aromatic N) is 1. The Balaban J connectivity index is 2.02. The van der Waals surface area contributed by atoms with Crippen LogP contribution < -0.4 is 5.73 Å². The van der Waals surface area contributed by atoms with Gasteiger partial charge in [-0.2, -0.15) is 13.1 Å². The summed E-state index contributed by atoms with van der Waals surface area (Å²) in [5, 5.41) is -0.547. The first-order chi connectivity index (χ1) is 18.2. The van der Waals surface area contributed by atoms with Crippen LogP contribution in [0.5, 0.6) is 0 Å². The highest BCUT2D eigenvalue weighted by Gasteiger charge is 2.54. The molecule has 0 bridgehead atoms. The molecule has 0 aromatic heterocycles. The maximum absolute atomic E-state index is 15.0. The summed E-state index contributed by atoms with van der Waals surface area (Å²) < 4.78 is 75.7. The van der Waals surface area contributed by atoms with Crippen LogP contribution in [0.4, 0.5) is 8.78 Å². The molecule has 1 amide bonds. The van der Waals surface area contributed by atoms with Crippen LogP contribution in [0.15, 0.2) is 77.7 Å². The molecule has 0 aliphatic carbocycles. The number of primary amides is 1. The summed E-state index contributed by atoms with van der Waals surface area (Å²) in [7, 11) is -9.78. The molecule has 0 heterocycles. The molecule has 0 saturated carbocycles. The summed E-state index contributed by atoms with van der Waals surface area (Å²) >= 11 is 6.14. The third-order valence-electron chi connectivity index (χ3n) is 5.94. The highest BCUT2D eigenvalue weighted by Crippen LogP contribution is 2.64. The van der Waals surface area contributed by atoms with E-state index < -0.39 is 45.9 Å². The highest BCUT2D eigenvalue weighted by molar-refractivity contribution is 7.89. The minimum absolute atomic E-state index is 0.125. The Hall–Kier alpha value is -2.66. The molecule has 2 unspecified atom stereocenters. The quantitative estimate of drug-likeness (QED) is 0.250. The molecule has 210 valence electrons. The maximum Gasteiger partial charge on any atom is 0.402 e. The molecular weight excluding hydrogens is 573 g/mol. The first-order valence-electron chi connectivity index (χ1n) is 11.8. The van der Waals surface area contributed by atoms with Gasteiger partial charge in [0.2, 0.25) is 15.9 Å². The molecule has 0 fully saturated rings. The second-order valence-corrected chi connectivity index (χ2v) is 12.9. The lowest BCUT2D eigenvalue weighted by Crippen LogP contribution is -2.32. The first kappa shape index (κ1) is 30.9. The summed E-state index contributed by atoms with van der Waals surface area (Å²) in [5.74, 6) is -0.934. The number of hydrogen-bond donors (Lipinski definition) is 2. The van der Waals surface area contributed by atoms with E-state index in [1.165, 1.54) is 37.3 Å². The van der Waals surface area contributed by atoms with Gasteiger partial charge in [0.1, 0.15) is 0 Å². The van der Waals surface area contributed by atoms with Crippen molar-refractivity contribution in [3.63, 3.8) is 0 Å². The van der Waals surface area contributed by atoms with E-state index in [1.54, 1.807) is 37.3 Å². The number of nitrogens with two attached hydrogens (primary N) is 1. The second-order valence-electron chi connectivity index (χ2n) is 8.82. The maximum atomic E-state index is 15.0. The van der Waals surface area contributed by atoms with E-state index in [4.69, 9.17) is 21.9 Å². The Labute approximate surface area is 230 Å². The normalized spacial score (nSPS) is 14.6. The molecule has 2 atom stereocenters. The Morgan fingerprint density at radius 3 is 2.26 bits per heavy atom. The van der Waals surface area contributed by atoms with Crippen molar-refractivity contribution in [3.8, 4) is 0 Å². The van der Waals surface area contributed by atoms with Crippen molar-refractivity contribution in [1.82, 2.24) is 4.31 Å². The van der Waals surface area contributed by atoms with Gasteiger partial charge in [0.15, 0.2) is 0 Å². The number of carbonyl (C=O) groups is 1. The van der Waals surface area contributed by atoms with Gasteiger partial charge < -0.3 is 15.2 Å². The van der Waals surface area contributed by atoms with Gasteiger partial charge in [-0.3, -0.25) is 9.36 Å². The topological polar surface area (TPSA) is 127 Å². The number of alkyl halides is 2. The van der Waals surface area contributed by atoms with Gasteiger partial charge >= 0.3 is 13.3 Å². The van der Waals surface area contributed by atoms with Gasteiger partial charge in [-0.15, -0.1) is 0 Å². The SMILES string of the molecule is CCC(C)OP(=O)(O)C(F)(F)c1ccc(CN(Cc2ccccc2)S(=O)(=O)c2ccccc2C(N)=O)cc1Cl. The summed E-state index contributed by atoms with van der Waals surface area (Å²) in [5.41, 5.74) is 0.785. The van der Waals surface area contributed by atoms with Crippen LogP contribution in [0, 0.1) is 0 Å². The molecule has 0 radical (unpaired) electrons. The van der Waals surface area contributed by atoms with Gasteiger partial charge in [-0.1, -0.05) is 73.1 Å². The number of sulfonamides is 1. The van der Waals surface area contributed by atoms with Gasteiger partial charge in [0.25, 0.3) is 0 Å². The van der Waals surface area contributed by atoms with E-state index in [0.29, 0.717) is 5.56 Å². The Kier molecular flexibility index (Phi) is 9.69. The zero-order chi connectivity index (χ0) is 29.0. The number of hydrogen-bond acceptors (Lipinski definition) is 5. The lowest BCUT2D eigenvalue weighted by atomic mass is 10.1. The van der Waals surface area contributed by atoms with Gasteiger partial charge in [0.05, 0.1) is 27.1 Å². The van der Waals surface area contributed by atoms with Crippen molar-refractivity contribution >= 4 is 35.1 Å². The van der Waals surface area contributed by atoms with E-state index in [-0.39, 0.29) is 35.5 Å². The Morgan fingerprint density at radius 1 is 1.08 bits per heavy atom. The number of amides is 1. The van der Waals surface area contributed by atoms with E-state index >= 15 is 8.78 Å². The number of halogens is 3. The molecule has 0 aliphatic heterocycles. The van der Waals surface area contributed by atoms with Crippen LogP contribution in [-0.2, 0) is 37.9 Å². The van der Waals surface area contributed by atoms with Gasteiger partial charge in [-0.25, -0.2) is 8.42 Å². The van der Waals surface area contributed by atoms with E-state index in [1.807, 2.05) is 0 Å². The lowest BCUT2D eigenvalue weighted by molar-refractivity contribution is 0.0347. The summed E-state index contributed by atoms with van der Waals surface area (Å²) in [6.45, 7) is 2.56. The van der Waals surface area contributed by atoms with Gasteiger partial charge in [-0.05, 0) is 42.7 Å². The standard InChI is InChI=1S/C26H28ClF2N2O6PS/c1-3-18(2)37-38(33,34)26(28,29)22-14-13-20(15-23(22)27)17-31(16-19-9-5-4-6-10-19)39(35,36)24-12-8-7-11-21(24)25(30)32/h4-15,18H,3,16-17H2,1-2H3,(H2,30,32)(H,33,34). The molecule has 39 heavy (non-hydrogen) atoms. The van der Waals surface area contributed by atoms with E-state index in [9.17, 15) is 22.7 Å². The molecule has 0 saturated heterocycles. The van der Waals surface area contributed by atoms with E-state index in [0.717, 1.165) is 16.4 Å². The largest absolute Gasteiger partial charge is 0.402 e. The molecule has 0 spiro atoms. The third kappa shape index (κ3) is 6.92. The van der Waals surface area contributed by atoms with Crippen LogP contribution >= 0.6 is 19.2 Å². The lowest BCUT2D eigenvalue weighted by Gasteiger charge is -2.26. The van der Waals surface area contributed by atoms with Crippen LogP contribution in [-0.4, -0.2) is 29.6 Å². The van der Waals surface area contributed by atoms with Crippen LogP contribution in [0.3, 0.4) is 0 Å². The smallest absolute Gasteiger partial charge is 0.366 e. The predicted octanol–water partition coefficient (Wildman–Crippen LogP) is 5.88. The summed E-state index contributed by atoms with van der Waals surface area (Å²) in [4.78, 5) is 21.6. The third-order valence-corrected chi connectivity index (χ3v) is 9.70. The summed E-state index contributed by atoms with van der Waals surface area (Å²) in [6, 6.07) is 17.2. The summed E-state index contributed by atoms with van der Waals surface area (Å²) in [6.07, 6.45) is -0.664. The van der Waals surface area contributed by atoms with Crippen molar-refractivity contribution in [1.29, 1.82) is 0 Å².